The van der Waals surface area contributed by atoms with Gasteiger partial charge in [0, 0.05) is 12.0 Å². The van der Waals surface area contributed by atoms with E-state index in [1.165, 1.54) is 0 Å². The third-order valence-electron chi connectivity index (χ3n) is 4.09. The molecule has 0 aromatic heterocycles. The number of aryl methyl sites for hydroxylation is 1. The summed E-state index contributed by atoms with van der Waals surface area (Å²) in [4.78, 5) is 35.6. The van der Waals surface area contributed by atoms with Crippen molar-refractivity contribution in [3.8, 4) is 11.5 Å². The van der Waals surface area contributed by atoms with Gasteiger partial charge >= 0.3 is 5.97 Å². The van der Waals surface area contributed by atoms with Gasteiger partial charge in [0.05, 0.1) is 19.6 Å². The maximum absolute atomic E-state index is 12.1. The average Bonchev–Trinajstić information content (AvgIpc) is 2.74. The lowest BCUT2D eigenvalue weighted by molar-refractivity contribution is -0.148. The van der Waals surface area contributed by atoms with Gasteiger partial charge in [-0.05, 0) is 55.8 Å². The number of Topliss-reactive ketones (excluding diaryl/α,β-unsaturated/α-hetero) is 1. The van der Waals surface area contributed by atoms with E-state index >= 15 is 0 Å². The van der Waals surface area contributed by atoms with Gasteiger partial charge in [-0.3, -0.25) is 14.4 Å². The number of carbonyl (C=O) groups is 3. The molecule has 0 atom stereocenters. The van der Waals surface area contributed by atoms with Gasteiger partial charge in [-0.15, -0.1) is 0 Å². The monoisotopic (exact) mass is 413 g/mol. The van der Waals surface area contributed by atoms with E-state index in [1.807, 2.05) is 38.1 Å². The fraction of sp³-hybridized carbons (Fsp3) is 0.348. The van der Waals surface area contributed by atoms with E-state index in [4.69, 9.17) is 14.2 Å². The highest BCUT2D eigenvalue weighted by atomic mass is 16.5. The Morgan fingerprint density at radius 3 is 2.40 bits per heavy atom. The highest BCUT2D eigenvalue weighted by Crippen LogP contribution is 2.14. The second-order valence-electron chi connectivity index (χ2n) is 6.56. The normalized spacial score (nSPS) is 10.2. The van der Waals surface area contributed by atoms with Crippen LogP contribution in [0.4, 0.5) is 0 Å². The molecule has 0 fully saturated rings. The molecule has 0 aliphatic rings. The molecular formula is C23H27NO6. The summed E-state index contributed by atoms with van der Waals surface area (Å²) in [5, 5.41) is 2.61. The SMILES string of the molecule is CCOc1ccc(C(=O)CCC(=O)OCC(=O)NCCOc2cccc(C)c2)cc1. The lowest BCUT2D eigenvalue weighted by Gasteiger charge is -2.09. The molecular weight excluding hydrogens is 386 g/mol. The summed E-state index contributed by atoms with van der Waals surface area (Å²) >= 11 is 0. The Morgan fingerprint density at radius 2 is 1.70 bits per heavy atom. The molecule has 30 heavy (non-hydrogen) atoms. The minimum Gasteiger partial charge on any atom is -0.494 e. The van der Waals surface area contributed by atoms with Gasteiger partial charge in [0.2, 0.25) is 0 Å². The minimum absolute atomic E-state index is 0.0127. The predicted octanol–water partition coefficient (Wildman–Crippen LogP) is 3.10. The van der Waals surface area contributed by atoms with Crippen molar-refractivity contribution in [3.63, 3.8) is 0 Å². The predicted molar refractivity (Wildman–Crippen MR) is 112 cm³/mol. The molecule has 0 aliphatic heterocycles. The molecule has 0 spiro atoms. The topological polar surface area (TPSA) is 90.9 Å². The zero-order valence-corrected chi connectivity index (χ0v) is 17.3. The van der Waals surface area contributed by atoms with Crippen LogP contribution in [0.25, 0.3) is 0 Å². The number of amides is 1. The highest BCUT2D eigenvalue weighted by molar-refractivity contribution is 5.97. The van der Waals surface area contributed by atoms with Crippen molar-refractivity contribution in [2.24, 2.45) is 0 Å². The van der Waals surface area contributed by atoms with E-state index in [-0.39, 0.29) is 25.2 Å². The summed E-state index contributed by atoms with van der Waals surface area (Å²) < 4.78 is 15.8. The first kappa shape index (κ1) is 22.9. The molecule has 0 unspecified atom stereocenters. The second kappa shape index (κ2) is 12.3. The molecule has 1 amide bonds. The molecule has 1 N–H and O–H groups in total. The van der Waals surface area contributed by atoms with E-state index < -0.39 is 11.9 Å². The van der Waals surface area contributed by atoms with Crippen molar-refractivity contribution in [1.82, 2.24) is 5.32 Å². The largest absolute Gasteiger partial charge is 0.494 e. The highest BCUT2D eigenvalue weighted by Gasteiger charge is 2.12. The summed E-state index contributed by atoms with van der Waals surface area (Å²) in [7, 11) is 0. The van der Waals surface area contributed by atoms with Crippen LogP contribution in [0.1, 0.15) is 35.7 Å². The molecule has 7 nitrogen and oxygen atoms in total. The Hall–Kier alpha value is -3.35. The van der Waals surface area contributed by atoms with Crippen LogP contribution in [-0.2, 0) is 14.3 Å². The quantitative estimate of drug-likeness (QED) is 0.327. The van der Waals surface area contributed by atoms with E-state index in [9.17, 15) is 14.4 Å². The second-order valence-corrected chi connectivity index (χ2v) is 6.56. The number of rotatable bonds is 12. The van der Waals surface area contributed by atoms with Gasteiger partial charge < -0.3 is 19.5 Å². The Balaban J connectivity index is 1.59. The summed E-state index contributed by atoms with van der Waals surface area (Å²) in [6.45, 7) is 4.60. The molecule has 2 aromatic carbocycles. The Labute approximate surface area is 176 Å². The minimum atomic E-state index is -0.597. The molecule has 0 saturated heterocycles. The van der Waals surface area contributed by atoms with Crippen LogP contribution in [-0.4, -0.2) is 44.0 Å². The van der Waals surface area contributed by atoms with Crippen molar-refractivity contribution >= 4 is 17.7 Å². The third kappa shape index (κ3) is 8.34. The molecule has 7 heteroatoms. The Morgan fingerprint density at radius 1 is 0.933 bits per heavy atom. The van der Waals surface area contributed by atoms with Crippen molar-refractivity contribution in [2.75, 3.05) is 26.4 Å². The molecule has 0 heterocycles. The number of hydrogen-bond donors (Lipinski definition) is 1. The van der Waals surface area contributed by atoms with Gasteiger partial charge in [-0.25, -0.2) is 0 Å². The molecule has 0 radical (unpaired) electrons. The molecule has 0 bridgehead atoms. The fourth-order valence-electron chi connectivity index (χ4n) is 2.60. The van der Waals surface area contributed by atoms with E-state index in [2.05, 4.69) is 5.32 Å². The van der Waals surface area contributed by atoms with Crippen LogP contribution < -0.4 is 14.8 Å². The number of hydrogen-bond acceptors (Lipinski definition) is 6. The van der Waals surface area contributed by atoms with Crippen LogP contribution in [0.2, 0.25) is 0 Å². The molecule has 2 rings (SSSR count). The van der Waals surface area contributed by atoms with Gasteiger partial charge in [-0.1, -0.05) is 12.1 Å². The molecule has 160 valence electrons. The van der Waals surface area contributed by atoms with E-state index in [1.54, 1.807) is 24.3 Å². The first-order chi connectivity index (χ1) is 14.5. The van der Waals surface area contributed by atoms with Crippen molar-refractivity contribution in [1.29, 1.82) is 0 Å². The van der Waals surface area contributed by atoms with Crippen LogP contribution in [0, 0.1) is 6.92 Å². The van der Waals surface area contributed by atoms with Gasteiger partial charge in [0.15, 0.2) is 12.4 Å². The van der Waals surface area contributed by atoms with Gasteiger partial charge in [-0.2, -0.15) is 0 Å². The lowest BCUT2D eigenvalue weighted by Crippen LogP contribution is -2.32. The zero-order valence-electron chi connectivity index (χ0n) is 17.3. The number of ether oxygens (including phenoxy) is 3. The molecule has 2 aromatic rings. The number of esters is 1. The smallest absolute Gasteiger partial charge is 0.306 e. The first-order valence-electron chi connectivity index (χ1n) is 9.85. The number of carbonyl (C=O) groups excluding carboxylic acids is 3. The molecule has 0 aliphatic carbocycles. The number of benzene rings is 2. The zero-order chi connectivity index (χ0) is 21.8. The van der Waals surface area contributed by atoms with Crippen LogP contribution in [0.3, 0.4) is 0 Å². The maximum atomic E-state index is 12.1. The summed E-state index contributed by atoms with van der Waals surface area (Å²) in [5.74, 6) is 0.221. The summed E-state index contributed by atoms with van der Waals surface area (Å²) in [5.41, 5.74) is 1.59. The molecule has 0 saturated carbocycles. The fourth-order valence-corrected chi connectivity index (χ4v) is 2.60. The average molecular weight is 413 g/mol. The number of ketones is 1. The Bertz CT molecular complexity index is 847. The van der Waals surface area contributed by atoms with E-state index in [0.717, 1.165) is 11.3 Å². The summed E-state index contributed by atoms with van der Waals surface area (Å²) in [6, 6.07) is 14.3. The Kier molecular flexibility index (Phi) is 9.37. The maximum Gasteiger partial charge on any atom is 0.306 e. The standard InChI is InChI=1S/C23H27NO6/c1-3-28-19-9-7-18(8-10-19)21(25)11-12-23(27)30-16-22(26)24-13-14-29-20-6-4-5-17(2)15-20/h4-10,15H,3,11-14,16H2,1-2H3,(H,24,26). The van der Waals surface area contributed by atoms with Crippen LogP contribution in [0.15, 0.2) is 48.5 Å². The summed E-state index contributed by atoms with van der Waals surface area (Å²) in [6.07, 6.45) is -0.0748. The van der Waals surface area contributed by atoms with Gasteiger partial charge in [0.1, 0.15) is 18.1 Å². The van der Waals surface area contributed by atoms with Crippen LogP contribution >= 0.6 is 0 Å². The number of nitrogens with one attached hydrogen (secondary N) is 1. The van der Waals surface area contributed by atoms with E-state index in [0.29, 0.717) is 31.1 Å². The van der Waals surface area contributed by atoms with Crippen molar-refractivity contribution in [2.45, 2.75) is 26.7 Å². The lowest BCUT2D eigenvalue weighted by atomic mass is 10.1. The van der Waals surface area contributed by atoms with Crippen molar-refractivity contribution < 1.29 is 28.6 Å². The first-order valence-corrected chi connectivity index (χ1v) is 9.85. The van der Waals surface area contributed by atoms with Crippen LogP contribution in [0.5, 0.6) is 11.5 Å². The third-order valence-corrected chi connectivity index (χ3v) is 4.09. The van der Waals surface area contributed by atoms with Crippen molar-refractivity contribution in [3.05, 3.63) is 59.7 Å². The van der Waals surface area contributed by atoms with Gasteiger partial charge in [0.25, 0.3) is 5.91 Å².